The fourth-order valence-corrected chi connectivity index (χ4v) is 1.53. The summed E-state index contributed by atoms with van der Waals surface area (Å²) in [7, 11) is 0. The molecule has 0 heterocycles. The average molecular weight is 272 g/mol. The molecule has 1 aromatic carbocycles. The lowest BCUT2D eigenvalue weighted by Gasteiger charge is -2.24. The van der Waals surface area contributed by atoms with Crippen LogP contribution in [0.25, 0.3) is 0 Å². The number of esters is 1. The van der Waals surface area contributed by atoms with Gasteiger partial charge in [0.25, 0.3) is 0 Å². The lowest BCUT2D eigenvalue weighted by Crippen LogP contribution is -2.30. The molecule has 0 aromatic heterocycles. The zero-order valence-electron chi connectivity index (χ0n) is 11.4. The molecule has 0 fully saturated rings. The van der Waals surface area contributed by atoms with Crippen molar-refractivity contribution in [3.8, 4) is 0 Å². The molecule has 2 unspecified atom stereocenters. The number of benzene rings is 1. The van der Waals surface area contributed by atoms with Crippen molar-refractivity contribution in [1.29, 1.82) is 0 Å². The highest BCUT2D eigenvalue weighted by Gasteiger charge is 2.30. The van der Waals surface area contributed by atoms with Crippen molar-refractivity contribution in [3.63, 3.8) is 0 Å². The molecule has 0 radical (unpaired) electrons. The topological polar surface area (TPSA) is 46.5 Å². The van der Waals surface area contributed by atoms with Gasteiger partial charge >= 0.3 is 5.97 Å². The van der Waals surface area contributed by atoms with E-state index in [1.807, 2.05) is 0 Å². The van der Waals surface area contributed by atoms with E-state index in [-0.39, 0.29) is 5.56 Å². The maximum absolute atomic E-state index is 13.5. The summed E-state index contributed by atoms with van der Waals surface area (Å²) in [5, 5.41) is 9.95. The van der Waals surface area contributed by atoms with Gasteiger partial charge in [-0.05, 0) is 45.9 Å². The van der Waals surface area contributed by atoms with Crippen molar-refractivity contribution >= 4 is 5.97 Å². The summed E-state index contributed by atoms with van der Waals surface area (Å²) in [6.07, 6.45) is -1.45. The Bertz CT molecular complexity index is 466. The van der Waals surface area contributed by atoms with Crippen LogP contribution in [0.1, 0.15) is 39.4 Å². The molecule has 0 bridgehead atoms. The zero-order valence-corrected chi connectivity index (χ0v) is 11.4. The van der Waals surface area contributed by atoms with Crippen LogP contribution in [0.4, 0.5) is 8.78 Å². The molecular formula is C14H18F2O3. The standard InChI is InChI=1S/C14H18F2O3/c1-8(13(18)19-14(2,3)4)12(17)10-7-9(15)5-6-11(10)16/h5-8,12,17H,1-4H3. The fourth-order valence-electron chi connectivity index (χ4n) is 1.53. The van der Waals surface area contributed by atoms with Gasteiger partial charge in [-0.2, -0.15) is 0 Å². The molecule has 0 aliphatic carbocycles. The van der Waals surface area contributed by atoms with Crippen molar-refractivity contribution in [2.75, 3.05) is 0 Å². The highest BCUT2D eigenvalue weighted by atomic mass is 19.1. The second-order valence-electron chi connectivity index (χ2n) is 5.43. The summed E-state index contributed by atoms with van der Waals surface area (Å²) in [6.45, 7) is 6.47. The van der Waals surface area contributed by atoms with Crippen LogP contribution in [0.15, 0.2) is 18.2 Å². The molecule has 0 saturated carbocycles. The molecule has 3 nitrogen and oxygen atoms in total. The smallest absolute Gasteiger partial charge is 0.312 e. The Hall–Kier alpha value is -1.49. The molecule has 1 rings (SSSR count). The van der Waals surface area contributed by atoms with Crippen molar-refractivity contribution in [2.45, 2.75) is 39.4 Å². The number of carbonyl (C=O) groups is 1. The number of aliphatic hydroxyl groups excluding tert-OH is 1. The first-order chi connectivity index (χ1) is 8.61. The van der Waals surface area contributed by atoms with Crippen LogP contribution in [0.5, 0.6) is 0 Å². The Morgan fingerprint density at radius 2 is 1.89 bits per heavy atom. The molecule has 0 aliphatic heterocycles. The van der Waals surface area contributed by atoms with Crippen molar-refractivity contribution in [2.24, 2.45) is 5.92 Å². The van der Waals surface area contributed by atoms with E-state index in [0.29, 0.717) is 0 Å². The Morgan fingerprint density at radius 1 is 1.32 bits per heavy atom. The zero-order chi connectivity index (χ0) is 14.8. The third-order valence-electron chi connectivity index (χ3n) is 2.53. The molecule has 1 N–H and O–H groups in total. The average Bonchev–Trinajstić information content (AvgIpc) is 2.28. The fraction of sp³-hybridized carbons (Fsp3) is 0.500. The molecule has 0 spiro atoms. The summed E-state index contributed by atoms with van der Waals surface area (Å²) in [5.74, 6) is -3.09. The van der Waals surface area contributed by atoms with Gasteiger partial charge in [-0.15, -0.1) is 0 Å². The van der Waals surface area contributed by atoms with E-state index in [4.69, 9.17) is 4.74 Å². The Labute approximate surface area is 111 Å². The molecule has 5 heteroatoms. The Kier molecular flexibility index (Phi) is 4.63. The molecule has 19 heavy (non-hydrogen) atoms. The first-order valence-corrected chi connectivity index (χ1v) is 5.97. The summed E-state index contributed by atoms with van der Waals surface area (Å²) < 4.78 is 31.6. The van der Waals surface area contributed by atoms with E-state index < -0.39 is 35.2 Å². The number of hydrogen-bond donors (Lipinski definition) is 1. The van der Waals surface area contributed by atoms with Crippen molar-refractivity contribution in [3.05, 3.63) is 35.4 Å². The molecule has 106 valence electrons. The minimum atomic E-state index is -1.45. The van der Waals surface area contributed by atoms with Gasteiger partial charge in [0.15, 0.2) is 0 Å². The second-order valence-corrected chi connectivity index (χ2v) is 5.43. The minimum absolute atomic E-state index is 0.252. The summed E-state index contributed by atoms with van der Waals surface area (Å²) in [5.41, 5.74) is -0.954. The van der Waals surface area contributed by atoms with Gasteiger partial charge in [-0.1, -0.05) is 0 Å². The molecule has 0 saturated heterocycles. The van der Waals surface area contributed by atoms with E-state index in [1.165, 1.54) is 6.92 Å². The van der Waals surface area contributed by atoms with Gasteiger partial charge in [-0.3, -0.25) is 4.79 Å². The monoisotopic (exact) mass is 272 g/mol. The third kappa shape index (κ3) is 4.28. The van der Waals surface area contributed by atoms with E-state index in [0.717, 1.165) is 18.2 Å². The van der Waals surface area contributed by atoms with Gasteiger partial charge in [0.2, 0.25) is 0 Å². The summed E-state index contributed by atoms with van der Waals surface area (Å²) in [6, 6.07) is 2.74. The molecule has 0 amide bonds. The Balaban J connectivity index is 2.90. The Morgan fingerprint density at radius 3 is 2.42 bits per heavy atom. The number of rotatable bonds is 3. The van der Waals surface area contributed by atoms with E-state index >= 15 is 0 Å². The summed E-state index contributed by atoms with van der Waals surface area (Å²) >= 11 is 0. The van der Waals surface area contributed by atoms with E-state index in [1.54, 1.807) is 20.8 Å². The predicted octanol–water partition coefficient (Wildman–Crippen LogP) is 2.98. The number of ether oxygens (including phenoxy) is 1. The molecular weight excluding hydrogens is 254 g/mol. The molecule has 1 aromatic rings. The van der Waals surface area contributed by atoms with Crippen LogP contribution in [0.2, 0.25) is 0 Å². The lowest BCUT2D eigenvalue weighted by molar-refractivity contribution is -0.163. The normalized spacial score (nSPS) is 14.9. The largest absolute Gasteiger partial charge is 0.460 e. The predicted molar refractivity (Wildman–Crippen MR) is 66.3 cm³/mol. The summed E-state index contributed by atoms with van der Waals surface area (Å²) in [4.78, 5) is 11.8. The van der Waals surface area contributed by atoms with Crippen LogP contribution >= 0.6 is 0 Å². The van der Waals surface area contributed by atoms with Gasteiger partial charge in [-0.25, -0.2) is 8.78 Å². The lowest BCUT2D eigenvalue weighted by atomic mass is 9.96. The number of aliphatic hydroxyl groups is 1. The third-order valence-corrected chi connectivity index (χ3v) is 2.53. The minimum Gasteiger partial charge on any atom is -0.460 e. The van der Waals surface area contributed by atoms with Crippen LogP contribution in [0, 0.1) is 17.6 Å². The van der Waals surface area contributed by atoms with Gasteiger partial charge in [0.05, 0.1) is 12.0 Å². The highest BCUT2D eigenvalue weighted by molar-refractivity contribution is 5.73. The van der Waals surface area contributed by atoms with Crippen LogP contribution in [0.3, 0.4) is 0 Å². The molecule has 2 atom stereocenters. The SMILES string of the molecule is CC(C(=O)OC(C)(C)C)C(O)c1cc(F)ccc1F. The number of carbonyl (C=O) groups excluding carboxylic acids is 1. The highest BCUT2D eigenvalue weighted by Crippen LogP contribution is 2.27. The van der Waals surface area contributed by atoms with Gasteiger partial charge < -0.3 is 9.84 Å². The number of halogens is 2. The quantitative estimate of drug-likeness (QED) is 0.860. The number of hydrogen-bond acceptors (Lipinski definition) is 3. The van der Waals surface area contributed by atoms with Crippen molar-refractivity contribution < 1.29 is 23.4 Å². The van der Waals surface area contributed by atoms with Crippen LogP contribution in [-0.2, 0) is 9.53 Å². The van der Waals surface area contributed by atoms with E-state index in [9.17, 15) is 18.7 Å². The maximum atomic E-state index is 13.5. The molecule has 0 aliphatic rings. The van der Waals surface area contributed by atoms with Gasteiger partial charge in [0.1, 0.15) is 17.2 Å². The second kappa shape index (κ2) is 5.65. The van der Waals surface area contributed by atoms with Crippen LogP contribution in [-0.4, -0.2) is 16.7 Å². The van der Waals surface area contributed by atoms with Crippen molar-refractivity contribution in [1.82, 2.24) is 0 Å². The van der Waals surface area contributed by atoms with E-state index in [2.05, 4.69) is 0 Å². The first-order valence-electron chi connectivity index (χ1n) is 5.97. The first kappa shape index (κ1) is 15.6. The van der Waals surface area contributed by atoms with Gasteiger partial charge in [0, 0.05) is 5.56 Å². The van der Waals surface area contributed by atoms with Crippen LogP contribution < -0.4 is 0 Å². The maximum Gasteiger partial charge on any atom is 0.312 e.